The lowest BCUT2D eigenvalue weighted by molar-refractivity contribution is 0.211. The Morgan fingerprint density at radius 1 is 0.600 bits per heavy atom. The summed E-state index contributed by atoms with van der Waals surface area (Å²) in [6, 6.07) is 0. The van der Waals surface area contributed by atoms with E-state index in [4.69, 9.17) is 0 Å². The fourth-order valence-electron chi connectivity index (χ4n) is 3.34. The van der Waals surface area contributed by atoms with Crippen LogP contribution in [0.3, 0.4) is 0 Å². The predicted octanol–water partition coefficient (Wildman–Crippen LogP) is 7.33. The monoisotopic (exact) mass is 282 g/mol. The maximum Gasteiger partial charge on any atom is -0.0389 e. The van der Waals surface area contributed by atoms with Gasteiger partial charge in [-0.1, -0.05) is 99.8 Å². The minimum absolute atomic E-state index is 0.826. The van der Waals surface area contributed by atoms with Gasteiger partial charge in [-0.25, -0.2) is 0 Å². The van der Waals surface area contributed by atoms with Crippen molar-refractivity contribution >= 4 is 0 Å². The molecular formula is C20H42. The largest absolute Gasteiger partial charge is 0.0654 e. The summed E-state index contributed by atoms with van der Waals surface area (Å²) in [5.41, 5.74) is 0. The molecule has 0 nitrogen and oxygen atoms in total. The molecule has 0 radical (unpaired) electrons. The fourth-order valence-corrected chi connectivity index (χ4v) is 3.34. The molecule has 0 aliphatic rings. The molecule has 0 saturated heterocycles. The molecule has 0 spiro atoms. The SMILES string of the molecule is CCCC(C)CCCCCCC(C)C(C)C(C)C(C)C. The third-order valence-corrected chi connectivity index (χ3v) is 5.67. The molecule has 0 N–H and O–H groups in total. The minimum Gasteiger partial charge on any atom is -0.0654 e. The average molecular weight is 283 g/mol. The van der Waals surface area contributed by atoms with Crippen molar-refractivity contribution in [1.29, 1.82) is 0 Å². The number of hydrogen-bond acceptors (Lipinski definition) is 0. The first kappa shape index (κ1) is 20.0. The molecule has 0 aromatic rings. The van der Waals surface area contributed by atoms with Crippen molar-refractivity contribution < 1.29 is 0 Å². The van der Waals surface area contributed by atoms with Gasteiger partial charge in [0.1, 0.15) is 0 Å². The number of unbranched alkanes of at least 4 members (excludes halogenated alkanes) is 3. The molecule has 0 aromatic heterocycles. The summed E-state index contributed by atoms with van der Waals surface area (Å²) in [4.78, 5) is 0. The van der Waals surface area contributed by atoms with E-state index in [2.05, 4.69) is 48.5 Å². The molecule has 20 heavy (non-hydrogen) atoms. The van der Waals surface area contributed by atoms with Crippen LogP contribution in [-0.4, -0.2) is 0 Å². The molecule has 0 bridgehead atoms. The first-order valence-electron chi connectivity index (χ1n) is 9.40. The Kier molecular flexibility index (Phi) is 11.6. The molecule has 0 amide bonds. The molecule has 0 aliphatic heterocycles. The van der Waals surface area contributed by atoms with Crippen molar-refractivity contribution in [2.75, 3.05) is 0 Å². The topological polar surface area (TPSA) is 0 Å². The molecule has 0 fully saturated rings. The van der Waals surface area contributed by atoms with E-state index in [9.17, 15) is 0 Å². The summed E-state index contributed by atoms with van der Waals surface area (Å²) in [7, 11) is 0. The van der Waals surface area contributed by atoms with Crippen LogP contribution in [-0.2, 0) is 0 Å². The molecule has 0 aromatic carbocycles. The lowest BCUT2D eigenvalue weighted by Gasteiger charge is -2.29. The van der Waals surface area contributed by atoms with Gasteiger partial charge in [-0.2, -0.15) is 0 Å². The van der Waals surface area contributed by atoms with Gasteiger partial charge in [0.2, 0.25) is 0 Å². The highest BCUT2D eigenvalue weighted by molar-refractivity contribution is 4.70. The summed E-state index contributed by atoms with van der Waals surface area (Å²) >= 11 is 0. The van der Waals surface area contributed by atoms with Gasteiger partial charge in [-0.15, -0.1) is 0 Å². The average Bonchev–Trinajstić information content (AvgIpc) is 2.40. The van der Waals surface area contributed by atoms with Crippen molar-refractivity contribution in [1.82, 2.24) is 0 Å². The molecule has 4 atom stereocenters. The van der Waals surface area contributed by atoms with Gasteiger partial charge in [0.15, 0.2) is 0 Å². The minimum atomic E-state index is 0.826. The summed E-state index contributed by atoms with van der Waals surface area (Å²) in [5.74, 6) is 4.41. The van der Waals surface area contributed by atoms with Gasteiger partial charge in [0.25, 0.3) is 0 Å². The molecule has 122 valence electrons. The zero-order valence-corrected chi connectivity index (χ0v) is 15.5. The van der Waals surface area contributed by atoms with Gasteiger partial charge in [0, 0.05) is 0 Å². The van der Waals surface area contributed by atoms with Crippen molar-refractivity contribution in [3.63, 3.8) is 0 Å². The van der Waals surface area contributed by atoms with Crippen molar-refractivity contribution in [3.8, 4) is 0 Å². The highest BCUT2D eigenvalue weighted by Gasteiger charge is 2.20. The van der Waals surface area contributed by atoms with Crippen LogP contribution in [0.15, 0.2) is 0 Å². The van der Waals surface area contributed by atoms with Gasteiger partial charge in [-0.05, 0) is 29.6 Å². The van der Waals surface area contributed by atoms with Crippen LogP contribution in [0.1, 0.15) is 99.8 Å². The predicted molar refractivity (Wildman–Crippen MR) is 94.1 cm³/mol. The van der Waals surface area contributed by atoms with Crippen LogP contribution in [0.4, 0.5) is 0 Å². The molecule has 4 unspecified atom stereocenters. The lowest BCUT2D eigenvalue weighted by Crippen LogP contribution is -2.20. The van der Waals surface area contributed by atoms with E-state index in [0.717, 1.165) is 29.6 Å². The zero-order valence-electron chi connectivity index (χ0n) is 15.5. The van der Waals surface area contributed by atoms with E-state index < -0.39 is 0 Å². The Morgan fingerprint density at radius 3 is 1.65 bits per heavy atom. The summed E-state index contributed by atoms with van der Waals surface area (Å²) in [6.45, 7) is 16.8. The van der Waals surface area contributed by atoms with Crippen molar-refractivity contribution in [3.05, 3.63) is 0 Å². The van der Waals surface area contributed by atoms with Crippen LogP contribution in [0.5, 0.6) is 0 Å². The Labute approximate surface area is 130 Å². The molecule has 0 heteroatoms. The van der Waals surface area contributed by atoms with E-state index in [1.54, 1.807) is 0 Å². The van der Waals surface area contributed by atoms with Crippen LogP contribution < -0.4 is 0 Å². The van der Waals surface area contributed by atoms with E-state index in [0.29, 0.717) is 0 Å². The maximum absolute atomic E-state index is 2.47. The first-order valence-corrected chi connectivity index (χ1v) is 9.40. The summed E-state index contributed by atoms with van der Waals surface area (Å²) < 4.78 is 0. The van der Waals surface area contributed by atoms with Gasteiger partial charge in [0.05, 0.1) is 0 Å². The molecular weight excluding hydrogens is 240 g/mol. The third-order valence-electron chi connectivity index (χ3n) is 5.67. The fraction of sp³-hybridized carbons (Fsp3) is 1.00. The van der Waals surface area contributed by atoms with Crippen LogP contribution in [0.2, 0.25) is 0 Å². The number of hydrogen-bond donors (Lipinski definition) is 0. The van der Waals surface area contributed by atoms with Crippen molar-refractivity contribution in [2.24, 2.45) is 29.6 Å². The van der Waals surface area contributed by atoms with Crippen molar-refractivity contribution in [2.45, 2.75) is 99.8 Å². The smallest absolute Gasteiger partial charge is 0.0389 e. The lowest BCUT2D eigenvalue weighted by atomic mass is 9.77. The zero-order chi connectivity index (χ0) is 15.5. The van der Waals surface area contributed by atoms with Gasteiger partial charge < -0.3 is 0 Å². The Bertz CT molecular complexity index is 206. The maximum atomic E-state index is 2.47. The molecule has 0 saturated carbocycles. The van der Waals surface area contributed by atoms with Gasteiger partial charge >= 0.3 is 0 Å². The van der Waals surface area contributed by atoms with Crippen LogP contribution in [0.25, 0.3) is 0 Å². The second-order valence-corrected chi connectivity index (χ2v) is 7.82. The summed E-state index contributed by atoms with van der Waals surface area (Å²) in [5, 5.41) is 0. The van der Waals surface area contributed by atoms with E-state index in [-0.39, 0.29) is 0 Å². The van der Waals surface area contributed by atoms with Crippen LogP contribution >= 0.6 is 0 Å². The molecule has 0 heterocycles. The quantitative estimate of drug-likeness (QED) is 0.329. The second-order valence-electron chi connectivity index (χ2n) is 7.82. The highest BCUT2D eigenvalue weighted by Crippen LogP contribution is 2.29. The second kappa shape index (κ2) is 11.6. The van der Waals surface area contributed by atoms with E-state index in [1.165, 1.54) is 51.4 Å². The normalized spacial score (nSPS) is 18.0. The Morgan fingerprint density at radius 2 is 1.15 bits per heavy atom. The van der Waals surface area contributed by atoms with Crippen LogP contribution in [0, 0.1) is 29.6 Å². The van der Waals surface area contributed by atoms with E-state index >= 15 is 0 Å². The van der Waals surface area contributed by atoms with Gasteiger partial charge in [-0.3, -0.25) is 0 Å². The Balaban J connectivity index is 3.59. The highest BCUT2D eigenvalue weighted by atomic mass is 14.3. The standard InChI is InChI=1S/C20H42/c1-8-13-17(4)14-11-9-10-12-15-18(5)20(7)19(6)16(2)3/h16-20H,8-15H2,1-7H3. The number of rotatable bonds is 12. The molecule has 0 rings (SSSR count). The first-order chi connectivity index (χ1) is 9.40. The third kappa shape index (κ3) is 9.03. The Hall–Kier alpha value is 0. The molecule has 0 aliphatic carbocycles. The van der Waals surface area contributed by atoms with E-state index in [1.807, 2.05) is 0 Å². The summed E-state index contributed by atoms with van der Waals surface area (Å²) in [6.07, 6.45) is 11.5.